The van der Waals surface area contributed by atoms with Crippen molar-refractivity contribution in [2.24, 2.45) is 5.92 Å². The second kappa shape index (κ2) is 11.3. The highest BCUT2D eigenvalue weighted by molar-refractivity contribution is 7.99. The van der Waals surface area contributed by atoms with Crippen molar-refractivity contribution in [1.82, 2.24) is 24.8 Å². The Morgan fingerprint density at radius 3 is 2.75 bits per heavy atom. The lowest BCUT2D eigenvalue weighted by Crippen LogP contribution is -2.37. The zero-order valence-electron chi connectivity index (χ0n) is 26.9. The van der Waals surface area contributed by atoms with Crippen LogP contribution in [0.5, 0.6) is 0 Å². The van der Waals surface area contributed by atoms with Crippen LogP contribution in [0.4, 0.5) is 4.79 Å². The summed E-state index contributed by atoms with van der Waals surface area (Å²) in [6.07, 6.45) is 16.2. The number of fused-ring (bicyclic) bond motifs is 6. The number of amides is 1. The summed E-state index contributed by atoms with van der Waals surface area (Å²) in [6, 6.07) is 4.38. The van der Waals surface area contributed by atoms with Crippen LogP contribution in [-0.4, -0.2) is 54.6 Å². The molecule has 4 unspecified atom stereocenters. The second-order valence-corrected chi connectivity index (χ2v) is 15.2. The molecule has 2 aromatic heterocycles. The minimum absolute atomic E-state index is 0.0867. The van der Waals surface area contributed by atoms with Gasteiger partial charge >= 0.3 is 6.09 Å². The van der Waals surface area contributed by atoms with E-state index in [0.717, 1.165) is 73.3 Å². The first-order chi connectivity index (χ1) is 21.1. The molecule has 7 nitrogen and oxygen atoms in total. The normalized spacial score (nSPS) is 23.8. The zero-order valence-corrected chi connectivity index (χ0v) is 27.7. The zero-order chi connectivity index (χ0) is 30.7. The van der Waals surface area contributed by atoms with Gasteiger partial charge in [-0.2, -0.15) is 11.8 Å². The van der Waals surface area contributed by atoms with E-state index in [4.69, 9.17) is 14.7 Å². The van der Waals surface area contributed by atoms with E-state index in [2.05, 4.69) is 60.4 Å². The number of aromatic nitrogens is 4. The number of imidazole rings is 2. The molecule has 44 heavy (non-hydrogen) atoms. The van der Waals surface area contributed by atoms with Crippen LogP contribution in [0.1, 0.15) is 113 Å². The van der Waals surface area contributed by atoms with Crippen molar-refractivity contribution in [1.29, 1.82) is 0 Å². The molecule has 0 saturated carbocycles. The maximum Gasteiger partial charge on any atom is 0.410 e. The number of likely N-dealkylation sites (tertiary alicyclic amines) is 1. The van der Waals surface area contributed by atoms with Crippen LogP contribution < -0.4 is 0 Å². The first kappa shape index (κ1) is 29.5. The molecule has 0 spiro atoms. The highest BCUT2D eigenvalue weighted by Gasteiger charge is 2.41. The number of rotatable bonds is 5. The van der Waals surface area contributed by atoms with Crippen molar-refractivity contribution in [3.05, 3.63) is 69.6 Å². The largest absolute Gasteiger partial charge is 0.444 e. The Morgan fingerprint density at radius 2 is 1.98 bits per heavy atom. The molecule has 1 saturated heterocycles. The molecule has 4 atom stereocenters. The third kappa shape index (κ3) is 5.33. The third-order valence-corrected chi connectivity index (χ3v) is 11.0. The van der Waals surface area contributed by atoms with Gasteiger partial charge in [-0.25, -0.2) is 14.8 Å². The fourth-order valence-electron chi connectivity index (χ4n) is 7.38. The molecule has 4 aliphatic rings. The highest BCUT2D eigenvalue weighted by atomic mass is 32.2. The molecule has 1 amide bonds. The van der Waals surface area contributed by atoms with Crippen LogP contribution in [0.2, 0.25) is 0 Å². The predicted octanol–water partition coefficient (Wildman–Crippen LogP) is 8.52. The number of nitrogens with one attached hydrogen (secondary N) is 2. The summed E-state index contributed by atoms with van der Waals surface area (Å²) in [7, 11) is 0. The van der Waals surface area contributed by atoms with Gasteiger partial charge in [0.1, 0.15) is 17.2 Å². The van der Waals surface area contributed by atoms with Crippen LogP contribution in [0.15, 0.2) is 35.4 Å². The van der Waals surface area contributed by atoms with Crippen LogP contribution in [0, 0.1) is 5.92 Å². The van der Waals surface area contributed by atoms with Gasteiger partial charge in [0.2, 0.25) is 0 Å². The number of allylic oxidation sites excluding steroid dienone is 5. The lowest BCUT2D eigenvalue weighted by Gasteiger charge is -2.30. The standard InChI is InChI=1S/C36H45N5O2S/c1-7-20(2)33-37-28-14-10-23-16-21(8-12-26(23)31(28)39-33)22-9-13-27-24(17-22)11-15-29-32(27)40-34(38-29)30-18-25(44-6)19-41(30)35(42)43-36(3,4)5/h9-10,13-14,16,20,24-25,30H,7-8,11-12,15,17-19H2,1-6H3,(H,37,39)(H,38,40). The van der Waals surface area contributed by atoms with E-state index in [9.17, 15) is 4.79 Å². The summed E-state index contributed by atoms with van der Waals surface area (Å²) in [6.45, 7) is 10.9. The maximum absolute atomic E-state index is 13.2. The highest BCUT2D eigenvalue weighted by Crippen LogP contribution is 2.45. The molecule has 0 radical (unpaired) electrons. The lowest BCUT2D eigenvalue weighted by molar-refractivity contribution is 0.0219. The number of thioether (sulfide) groups is 1. The Labute approximate surface area is 265 Å². The number of benzene rings is 1. The summed E-state index contributed by atoms with van der Waals surface area (Å²) >= 11 is 1.82. The van der Waals surface area contributed by atoms with Crippen LogP contribution >= 0.6 is 11.8 Å². The Bertz CT molecular complexity index is 1700. The van der Waals surface area contributed by atoms with Gasteiger partial charge in [-0.3, -0.25) is 4.90 Å². The summed E-state index contributed by atoms with van der Waals surface area (Å²) in [5.41, 5.74) is 11.1. The number of carbonyl (C=O) groups is 1. The summed E-state index contributed by atoms with van der Waals surface area (Å²) in [4.78, 5) is 32.5. The monoisotopic (exact) mass is 611 g/mol. The summed E-state index contributed by atoms with van der Waals surface area (Å²) in [5, 5.41) is 0.377. The van der Waals surface area contributed by atoms with Crippen LogP contribution in [0.3, 0.4) is 0 Å². The Balaban J connectivity index is 1.15. The molecule has 2 N–H and O–H groups in total. The van der Waals surface area contributed by atoms with Gasteiger partial charge in [0, 0.05) is 23.4 Å². The Morgan fingerprint density at radius 1 is 1.14 bits per heavy atom. The molecule has 1 aliphatic heterocycles. The molecule has 1 aromatic carbocycles. The van der Waals surface area contributed by atoms with Gasteiger partial charge in [0.25, 0.3) is 0 Å². The van der Waals surface area contributed by atoms with Gasteiger partial charge in [0.05, 0.1) is 22.8 Å². The second-order valence-electron chi connectivity index (χ2n) is 14.1. The van der Waals surface area contributed by atoms with Crippen molar-refractivity contribution >= 4 is 40.5 Å². The molecule has 0 bridgehead atoms. The van der Waals surface area contributed by atoms with E-state index in [1.54, 1.807) is 0 Å². The average molecular weight is 612 g/mol. The van der Waals surface area contributed by atoms with Crippen molar-refractivity contribution in [2.75, 3.05) is 12.8 Å². The van der Waals surface area contributed by atoms with Gasteiger partial charge in [-0.05, 0) is 112 Å². The molecule has 3 heterocycles. The summed E-state index contributed by atoms with van der Waals surface area (Å²) < 4.78 is 5.79. The van der Waals surface area contributed by atoms with Crippen LogP contribution in [-0.2, 0) is 17.6 Å². The number of aromatic amines is 2. The molecular weight excluding hydrogens is 566 g/mol. The Kier molecular flexibility index (Phi) is 7.54. The fraction of sp³-hybridized carbons (Fsp3) is 0.528. The van der Waals surface area contributed by atoms with Gasteiger partial charge in [-0.15, -0.1) is 0 Å². The smallest absolute Gasteiger partial charge is 0.410 e. The first-order valence-electron chi connectivity index (χ1n) is 16.4. The van der Waals surface area contributed by atoms with E-state index >= 15 is 0 Å². The average Bonchev–Trinajstić information content (AvgIpc) is 3.75. The first-order valence-corrected chi connectivity index (χ1v) is 17.6. The number of nitrogens with zero attached hydrogens (tertiary/aromatic N) is 3. The number of H-pyrrole nitrogens is 2. The van der Waals surface area contributed by atoms with E-state index in [1.165, 1.54) is 33.5 Å². The number of carbonyl (C=O) groups excluding carboxylic acids is 1. The van der Waals surface area contributed by atoms with Crippen molar-refractivity contribution in [2.45, 2.75) is 102 Å². The van der Waals surface area contributed by atoms with Crippen molar-refractivity contribution < 1.29 is 9.53 Å². The molecule has 8 heteroatoms. The Hall–Kier alpha value is -3.26. The van der Waals surface area contributed by atoms with Crippen LogP contribution in [0.25, 0.3) is 22.7 Å². The maximum atomic E-state index is 13.2. The lowest BCUT2D eigenvalue weighted by atomic mass is 9.75. The number of ether oxygens (including phenoxy) is 1. The number of aryl methyl sites for hydroxylation is 2. The molecule has 3 aliphatic carbocycles. The predicted molar refractivity (Wildman–Crippen MR) is 180 cm³/mol. The SMILES string of the molecule is CCC(C)c1nc2c3c(ccc2[nH]1)C=C(C1=CC=C2c4nc(C5CC(SC)CN5C(=O)OC(C)(C)C)[nH]c4CCC2C1)CC3. The number of hydrogen-bond acceptors (Lipinski definition) is 5. The molecule has 1 fully saturated rings. The van der Waals surface area contributed by atoms with E-state index in [0.29, 0.717) is 23.6 Å². The van der Waals surface area contributed by atoms with E-state index in [1.807, 2.05) is 37.4 Å². The fourth-order valence-corrected chi connectivity index (χ4v) is 8.06. The number of hydrogen-bond donors (Lipinski definition) is 2. The van der Waals surface area contributed by atoms with Gasteiger partial charge < -0.3 is 14.7 Å². The van der Waals surface area contributed by atoms with Crippen molar-refractivity contribution in [3.8, 4) is 0 Å². The molecule has 3 aromatic rings. The van der Waals surface area contributed by atoms with Crippen molar-refractivity contribution in [3.63, 3.8) is 0 Å². The van der Waals surface area contributed by atoms with Gasteiger partial charge in [0.15, 0.2) is 0 Å². The minimum atomic E-state index is -0.524. The molecular formula is C36H45N5O2S. The topological polar surface area (TPSA) is 86.9 Å². The third-order valence-electron chi connectivity index (χ3n) is 10.0. The quantitative estimate of drug-likeness (QED) is 0.302. The molecule has 232 valence electrons. The van der Waals surface area contributed by atoms with E-state index in [-0.39, 0.29) is 12.1 Å². The molecule has 7 rings (SSSR count). The summed E-state index contributed by atoms with van der Waals surface area (Å²) in [5.74, 6) is 2.92. The van der Waals surface area contributed by atoms with E-state index < -0.39 is 5.60 Å². The minimum Gasteiger partial charge on any atom is -0.444 e. The van der Waals surface area contributed by atoms with Gasteiger partial charge in [-0.1, -0.05) is 38.1 Å².